The van der Waals surface area contributed by atoms with Crippen LogP contribution in [0.1, 0.15) is 28.8 Å². The van der Waals surface area contributed by atoms with Gasteiger partial charge in [0.05, 0.1) is 17.9 Å². The molecule has 2 amide bonds. The second-order valence-electron chi connectivity index (χ2n) is 6.62. The highest BCUT2D eigenvalue weighted by molar-refractivity contribution is 6.08. The number of likely N-dealkylation sites (N-methyl/N-ethyl adjacent to an activating group) is 1. The van der Waals surface area contributed by atoms with Crippen LogP contribution >= 0.6 is 0 Å². The highest BCUT2D eigenvalue weighted by Crippen LogP contribution is 2.34. The summed E-state index contributed by atoms with van der Waals surface area (Å²) in [5, 5.41) is 2.51. The number of esters is 1. The van der Waals surface area contributed by atoms with Crippen LogP contribution in [0.3, 0.4) is 0 Å². The van der Waals surface area contributed by atoms with Gasteiger partial charge < -0.3 is 15.0 Å². The Balaban J connectivity index is 1.88. The number of carbonyl (C=O) groups excluding carboxylic acids is 3. The monoisotopic (exact) mass is 384 g/mol. The first-order chi connectivity index (χ1) is 13.4. The molecule has 6 nitrogen and oxygen atoms in total. The number of nitrogens with zero attached hydrogens (tertiary/aromatic N) is 1. The van der Waals surface area contributed by atoms with E-state index in [-0.39, 0.29) is 18.2 Å². The largest absolute Gasteiger partial charge is 0.462 e. The summed E-state index contributed by atoms with van der Waals surface area (Å²) in [5.41, 5.74) is 1.06. The number of halogens is 1. The first kappa shape index (κ1) is 19.5. The molecule has 1 fully saturated rings. The molecule has 0 aliphatic carbocycles. The average molecular weight is 384 g/mol. The minimum atomic E-state index is -1.01. The minimum Gasteiger partial charge on any atom is -0.462 e. The van der Waals surface area contributed by atoms with E-state index >= 15 is 0 Å². The van der Waals surface area contributed by atoms with E-state index in [2.05, 4.69) is 5.32 Å². The SMILES string of the molecule is CCOC(=O)c1cccc([C@H]2CN(C)C(=O)[C@@H]2C(=O)Nc2ccccc2F)c1. The Labute approximate surface area is 162 Å². The molecule has 28 heavy (non-hydrogen) atoms. The maximum Gasteiger partial charge on any atom is 0.338 e. The Kier molecular flexibility index (Phi) is 5.73. The molecule has 2 aromatic rings. The quantitative estimate of drug-likeness (QED) is 0.635. The van der Waals surface area contributed by atoms with E-state index in [1.54, 1.807) is 44.3 Å². The van der Waals surface area contributed by atoms with Crippen molar-refractivity contribution >= 4 is 23.5 Å². The molecule has 3 rings (SSSR count). The molecule has 1 aliphatic heterocycles. The Hall–Kier alpha value is -3.22. The van der Waals surface area contributed by atoms with Gasteiger partial charge in [0.1, 0.15) is 11.7 Å². The summed E-state index contributed by atoms with van der Waals surface area (Å²) < 4.78 is 18.9. The molecule has 1 heterocycles. The number of hydrogen-bond acceptors (Lipinski definition) is 4. The number of anilines is 1. The van der Waals surface area contributed by atoms with E-state index in [9.17, 15) is 18.8 Å². The van der Waals surface area contributed by atoms with E-state index in [1.807, 2.05) is 0 Å². The summed E-state index contributed by atoms with van der Waals surface area (Å²) >= 11 is 0. The van der Waals surface area contributed by atoms with Crippen LogP contribution in [0.4, 0.5) is 10.1 Å². The van der Waals surface area contributed by atoms with Gasteiger partial charge in [-0.25, -0.2) is 9.18 Å². The van der Waals surface area contributed by atoms with Crippen molar-refractivity contribution in [1.82, 2.24) is 4.90 Å². The molecule has 0 saturated carbocycles. The molecular formula is C21H21FN2O4. The van der Waals surface area contributed by atoms with Gasteiger partial charge >= 0.3 is 5.97 Å². The van der Waals surface area contributed by atoms with Crippen LogP contribution in [0.2, 0.25) is 0 Å². The minimum absolute atomic E-state index is 0.0221. The molecule has 0 radical (unpaired) electrons. The Morgan fingerprint density at radius 3 is 2.68 bits per heavy atom. The third-order valence-electron chi connectivity index (χ3n) is 4.76. The molecule has 1 aliphatic rings. The molecule has 2 aromatic carbocycles. The zero-order valence-electron chi connectivity index (χ0n) is 15.6. The number of nitrogens with one attached hydrogen (secondary N) is 1. The number of benzene rings is 2. The maximum absolute atomic E-state index is 13.9. The van der Waals surface area contributed by atoms with Crippen LogP contribution in [0.25, 0.3) is 0 Å². The molecular weight excluding hydrogens is 363 g/mol. The van der Waals surface area contributed by atoms with Crippen molar-refractivity contribution in [2.24, 2.45) is 5.92 Å². The van der Waals surface area contributed by atoms with E-state index in [4.69, 9.17) is 4.74 Å². The molecule has 1 N–H and O–H groups in total. The zero-order chi connectivity index (χ0) is 20.3. The van der Waals surface area contributed by atoms with Gasteiger partial charge in [-0.05, 0) is 36.8 Å². The predicted octanol–water partition coefficient (Wildman–Crippen LogP) is 2.81. The summed E-state index contributed by atoms with van der Waals surface area (Å²) in [7, 11) is 1.61. The number of amides is 2. The molecule has 1 saturated heterocycles. The Morgan fingerprint density at radius 1 is 1.21 bits per heavy atom. The lowest BCUT2D eigenvalue weighted by atomic mass is 9.87. The van der Waals surface area contributed by atoms with Gasteiger partial charge in [-0.3, -0.25) is 9.59 Å². The first-order valence-electron chi connectivity index (χ1n) is 8.99. The summed E-state index contributed by atoms with van der Waals surface area (Å²) in [4.78, 5) is 38.9. The fourth-order valence-corrected chi connectivity index (χ4v) is 3.38. The van der Waals surface area contributed by atoms with Gasteiger partial charge in [0, 0.05) is 19.5 Å². The number of carbonyl (C=O) groups is 3. The van der Waals surface area contributed by atoms with Crippen LogP contribution in [0, 0.1) is 11.7 Å². The number of ether oxygens (including phenoxy) is 1. The second kappa shape index (κ2) is 8.21. The molecule has 146 valence electrons. The molecule has 2 atom stereocenters. The van der Waals surface area contributed by atoms with Crippen LogP contribution < -0.4 is 5.32 Å². The summed E-state index contributed by atoms with van der Waals surface area (Å²) in [6, 6.07) is 12.5. The van der Waals surface area contributed by atoms with E-state index in [1.165, 1.54) is 23.1 Å². The Bertz CT molecular complexity index is 915. The Morgan fingerprint density at radius 2 is 1.96 bits per heavy atom. The average Bonchev–Trinajstić information content (AvgIpc) is 2.99. The summed E-state index contributed by atoms with van der Waals surface area (Å²) in [5.74, 6) is -3.43. The molecule has 7 heteroatoms. The lowest BCUT2D eigenvalue weighted by Crippen LogP contribution is -2.33. The van der Waals surface area contributed by atoms with E-state index < -0.39 is 29.5 Å². The number of hydrogen-bond donors (Lipinski definition) is 1. The van der Waals surface area contributed by atoms with Gasteiger partial charge in [-0.2, -0.15) is 0 Å². The van der Waals surface area contributed by atoms with Crippen LogP contribution in [0.5, 0.6) is 0 Å². The number of likely N-dealkylation sites (tertiary alicyclic amines) is 1. The standard InChI is InChI=1S/C21H21FN2O4/c1-3-28-21(27)14-8-6-7-13(11-14)15-12-24(2)20(26)18(15)19(25)23-17-10-5-4-9-16(17)22/h4-11,15,18H,3,12H2,1-2H3,(H,23,25)/t15-,18+/m1/s1. The molecule has 0 bridgehead atoms. The third kappa shape index (κ3) is 3.88. The van der Waals surface area contributed by atoms with Gasteiger partial charge in [-0.1, -0.05) is 24.3 Å². The van der Waals surface area contributed by atoms with Crippen LogP contribution in [0.15, 0.2) is 48.5 Å². The van der Waals surface area contributed by atoms with Crippen molar-refractivity contribution in [3.63, 3.8) is 0 Å². The van der Waals surface area contributed by atoms with Gasteiger partial charge in [0.2, 0.25) is 11.8 Å². The fourth-order valence-electron chi connectivity index (χ4n) is 3.38. The molecule has 0 unspecified atom stereocenters. The zero-order valence-corrected chi connectivity index (χ0v) is 15.6. The van der Waals surface area contributed by atoms with Crippen molar-refractivity contribution in [1.29, 1.82) is 0 Å². The predicted molar refractivity (Wildman–Crippen MR) is 101 cm³/mol. The van der Waals surface area contributed by atoms with Crippen LogP contribution in [-0.2, 0) is 14.3 Å². The number of para-hydroxylation sites is 1. The molecule has 0 spiro atoms. The normalized spacial score (nSPS) is 18.8. The smallest absolute Gasteiger partial charge is 0.338 e. The van der Waals surface area contributed by atoms with Crippen molar-refractivity contribution in [3.05, 3.63) is 65.5 Å². The van der Waals surface area contributed by atoms with Gasteiger partial charge in [0.25, 0.3) is 0 Å². The van der Waals surface area contributed by atoms with Gasteiger partial charge in [-0.15, -0.1) is 0 Å². The maximum atomic E-state index is 13.9. The van der Waals surface area contributed by atoms with E-state index in [0.717, 1.165) is 0 Å². The second-order valence-corrected chi connectivity index (χ2v) is 6.62. The van der Waals surface area contributed by atoms with E-state index in [0.29, 0.717) is 17.7 Å². The van der Waals surface area contributed by atoms with Crippen molar-refractivity contribution in [2.45, 2.75) is 12.8 Å². The first-order valence-corrected chi connectivity index (χ1v) is 8.99. The summed E-state index contributed by atoms with van der Waals surface area (Å²) in [6.07, 6.45) is 0. The van der Waals surface area contributed by atoms with Gasteiger partial charge in [0.15, 0.2) is 0 Å². The highest BCUT2D eigenvalue weighted by Gasteiger charge is 2.44. The van der Waals surface area contributed by atoms with Crippen molar-refractivity contribution in [2.75, 3.05) is 25.5 Å². The lowest BCUT2D eigenvalue weighted by molar-refractivity contribution is -0.135. The summed E-state index contributed by atoms with van der Waals surface area (Å²) in [6.45, 7) is 2.29. The molecule has 0 aromatic heterocycles. The topological polar surface area (TPSA) is 75.7 Å². The highest BCUT2D eigenvalue weighted by atomic mass is 19.1. The number of rotatable bonds is 5. The third-order valence-corrected chi connectivity index (χ3v) is 4.76. The fraction of sp³-hybridized carbons (Fsp3) is 0.286. The van der Waals surface area contributed by atoms with Crippen molar-refractivity contribution < 1.29 is 23.5 Å². The lowest BCUT2D eigenvalue weighted by Gasteiger charge is -2.18. The van der Waals surface area contributed by atoms with Crippen LogP contribution in [-0.4, -0.2) is 42.9 Å². The van der Waals surface area contributed by atoms with Crippen molar-refractivity contribution in [3.8, 4) is 0 Å².